The minimum absolute atomic E-state index is 0.859. The molecule has 0 fully saturated rings. The zero-order chi connectivity index (χ0) is 27.2. The lowest BCUT2D eigenvalue weighted by molar-refractivity contribution is 0.767. The Hall–Kier alpha value is -5.68. The first-order valence-corrected chi connectivity index (χ1v) is 13.6. The third kappa shape index (κ3) is 4.03. The van der Waals surface area contributed by atoms with Crippen LogP contribution in [0.5, 0.6) is 0 Å². The van der Waals surface area contributed by atoms with Crippen LogP contribution in [-0.2, 0) is 0 Å². The monoisotopic (exact) mass is 525 g/mol. The fourth-order valence-corrected chi connectivity index (χ4v) is 5.47. The van der Waals surface area contributed by atoms with Crippen LogP contribution in [0.1, 0.15) is 0 Å². The number of aromatic nitrogens is 5. The molecule has 3 aromatic heterocycles. The number of benzene rings is 5. The summed E-state index contributed by atoms with van der Waals surface area (Å²) in [5.41, 5.74) is 10.4. The van der Waals surface area contributed by atoms with E-state index in [1.807, 2.05) is 66.7 Å². The van der Waals surface area contributed by atoms with Crippen molar-refractivity contribution in [1.29, 1.82) is 0 Å². The molecule has 5 aromatic carbocycles. The topological polar surface area (TPSA) is 56.5 Å². The second-order valence-corrected chi connectivity index (χ2v) is 10.0. The van der Waals surface area contributed by atoms with Crippen LogP contribution in [-0.4, -0.2) is 25.0 Å². The molecule has 0 amide bonds. The van der Waals surface area contributed by atoms with Crippen molar-refractivity contribution in [3.63, 3.8) is 0 Å². The van der Waals surface area contributed by atoms with Crippen molar-refractivity contribution in [2.75, 3.05) is 0 Å². The number of hydrogen-bond donors (Lipinski definition) is 0. The number of pyridine rings is 2. The van der Waals surface area contributed by atoms with Gasteiger partial charge in [-0.1, -0.05) is 97.1 Å². The quantitative estimate of drug-likeness (QED) is 0.216. The SMILES string of the molecule is c1ccc(-c2ccc3cc(-c4ccccc4-n4nc5ccccc5n4)c4ccc(-c5ccccc5)nc4c3n2)cc1. The molecule has 5 nitrogen and oxygen atoms in total. The number of hydrogen-bond acceptors (Lipinski definition) is 4. The maximum atomic E-state index is 5.23. The molecule has 3 heterocycles. The summed E-state index contributed by atoms with van der Waals surface area (Å²) in [6.07, 6.45) is 0. The van der Waals surface area contributed by atoms with Crippen molar-refractivity contribution in [3.8, 4) is 39.3 Å². The average molecular weight is 526 g/mol. The van der Waals surface area contributed by atoms with E-state index < -0.39 is 0 Å². The average Bonchev–Trinajstić information content (AvgIpc) is 3.49. The van der Waals surface area contributed by atoms with E-state index in [0.717, 1.165) is 72.2 Å². The van der Waals surface area contributed by atoms with Gasteiger partial charge in [-0.15, -0.1) is 15.0 Å². The highest BCUT2D eigenvalue weighted by atomic mass is 15.5. The highest BCUT2D eigenvalue weighted by molar-refractivity contribution is 6.11. The lowest BCUT2D eigenvalue weighted by Crippen LogP contribution is -2.01. The largest absolute Gasteiger partial charge is 0.245 e. The maximum absolute atomic E-state index is 5.23. The molecule has 192 valence electrons. The molecular formula is C36H23N5. The van der Waals surface area contributed by atoms with Gasteiger partial charge < -0.3 is 0 Å². The molecule has 0 saturated carbocycles. The molecule has 0 aliphatic heterocycles. The van der Waals surface area contributed by atoms with Gasteiger partial charge in [-0.2, -0.15) is 0 Å². The van der Waals surface area contributed by atoms with Gasteiger partial charge in [0, 0.05) is 27.5 Å². The first-order chi connectivity index (χ1) is 20.3. The smallest absolute Gasteiger partial charge is 0.113 e. The molecule has 0 N–H and O–H groups in total. The zero-order valence-electron chi connectivity index (χ0n) is 22.0. The van der Waals surface area contributed by atoms with Crippen molar-refractivity contribution in [2.45, 2.75) is 0 Å². The highest BCUT2D eigenvalue weighted by Crippen LogP contribution is 2.38. The molecule has 5 heteroatoms. The Kier molecular flexibility index (Phi) is 5.38. The molecule has 0 radical (unpaired) electrons. The van der Waals surface area contributed by atoms with E-state index in [-0.39, 0.29) is 0 Å². The second kappa shape index (κ2) is 9.50. The summed E-state index contributed by atoms with van der Waals surface area (Å²) in [6.45, 7) is 0. The fraction of sp³-hybridized carbons (Fsp3) is 0. The predicted octanol–water partition coefficient (Wildman–Crippen LogP) is 8.52. The summed E-state index contributed by atoms with van der Waals surface area (Å²) in [7, 11) is 0. The summed E-state index contributed by atoms with van der Waals surface area (Å²) >= 11 is 0. The van der Waals surface area contributed by atoms with Gasteiger partial charge in [0.15, 0.2) is 0 Å². The molecule has 0 spiro atoms. The summed E-state index contributed by atoms with van der Waals surface area (Å²) < 4.78 is 0. The van der Waals surface area contributed by atoms with E-state index in [9.17, 15) is 0 Å². The van der Waals surface area contributed by atoms with Crippen molar-refractivity contribution < 1.29 is 0 Å². The van der Waals surface area contributed by atoms with E-state index in [2.05, 4.69) is 72.8 Å². The number of para-hydroxylation sites is 1. The van der Waals surface area contributed by atoms with E-state index in [0.29, 0.717) is 0 Å². The Morgan fingerprint density at radius 1 is 0.439 bits per heavy atom. The second-order valence-electron chi connectivity index (χ2n) is 10.0. The van der Waals surface area contributed by atoms with Gasteiger partial charge in [0.1, 0.15) is 11.0 Å². The normalized spacial score (nSPS) is 11.4. The third-order valence-corrected chi connectivity index (χ3v) is 7.47. The van der Waals surface area contributed by atoms with Gasteiger partial charge in [-0.05, 0) is 48.0 Å². The van der Waals surface area contributed by atoms with Crippen molar-refractivity contribution >= 4 is 32.8 Å². The molecule has 0 aliphatic rings. The third-order valence-electron chi connectivity index (χ3n) is 7.47. The molecule has 8 rings (SSSR count). The van der Waals surface area contributed by atoms with Crippen molar-refractivity contribution in [2.24, 2.45) is 0 Å². The predicted molar refractivity (Wildman–Crippen MR) is 166 cm³/mol. The van der Waals surface area contributed by atoms with Crippen molar-refractivity contribution in [3.05, 3.63) is 140 Å². The minimum Gasteiger partial charge on any atom is -0.245 e. The molecule has 0 saturated heterocycles. The minimum atomic E-state index is 0.859. The van der Waals surface area contributed by atoms with E-state index in [4.69, 9.17) is 20.2 Å². The van der Waals surface area contributed by atoms with Crippen LogP contribution in [0, 0.1) is 0 Å². The molecular weight excluding hydrogens is 502 g/mol. The number of fused-ring (bicyclic) bond motifs is 4. The van der Waals surface area contributed by atoms with Crippen LogP contribution in [0.25, 0.3) is 72.2 Å². The van der Waals surface area contributed by atoms with Crippen LogP contribution < -0.4 is 0 Å². The first kappa shape index (κ1) is 23.2. The Morgan fingerprint density at radius 2 is 1.00 bits per heavy atom. The Labute approximate surface area is 236 Å². The lowest BCUT2D eigenvalue weighted by Gasteiger charge is -2.15. The Balaban J connectivity index is 1.41. The molecule has 0 bridgehead atoms. The molecule has 41 heavy (non-hydrogen) atoms. The summed E-state index contributed by atoms with van der Waals surface area (Å²) in [6, 6.07) is 47.5. The van der Waals surface area contributed by atoms with Gasteiger partial charge in [-0.3, -0.25) is 0 Å². The van der Waals surface area contributed by atoms with Crippen LogP contribution in [0.3, 0.4) is 0 Å². The zero-order valence-corrected chi connectivity index (χ0v) is 22.0. The molecule has 0 aliphatic carbocycles. The molecule has 0 unspecified atom stereocenters. The standard InChI is InChI=1S/C36H23N5/c1-3-11-24(12-4-1)30-21-19-26-23-29(27-15-7-10-18-34(27)41-39-32-16-8-9-17-33(32)40-41)28-20-22-31(25-13-5-2-6-14-25)38-36(28)35(26)37-30/h1-23H. The number of rotatable bonds is 4. The van der Waals surface area contributed by atoms with Gasteiger partial charge in [-0.25, -0.2) is 9.97 Å². The Bertz CT molecular complexity index is 2170. The summed E-state index contributed by atoms with van der Waals surface area (Å²) in [5.74, 6) is 0. The summed E-state index contributed by atoms with van der Waals surface area (Å²) in [5, 5.41) is 11.6. The Morgan fingerprint density at radius 3 is 1.68 bits per heavy atom. The van der Waals surface area contributed by atoms with Gasteiger partial charge in [0.05, 0.1) is 28.1 Å². The van der Waals surface area contributed by atoms with Crippen molar-refractivity contribution in [1.82, 2.24) is 25.0 Å². The molecule has 0 atom stereocenters. The van der Waals surface area contributed by atoms with E-state index in [1.54, 1.807) is 4.80 Å². The number of nitrogens with zero attached hydrogens (tertiary/aromatic N) is 5. The highest BCUT2D eigenvalue weighted by Gasteiger charge is 2.17. The summed E-state index contributed by atoms with van der Waals surface area (Å²) in [4.78, 5) is 12.1. The van der Waals surface area contributed by atoms with Crippen LogP contribution >= 0.6 is 0 Å². The van der Waals surface area contributed by atoms with Gasteiger partial charge >= 0.3 is 0 Å². The lowest BCUT2D eigenvalue weighted by atomic mass is 9.95. The van der Waals surface area contributed by atoms with Crippen LogP contribution in [0.2, 0.25) is 0 Å². The fourth-order valence-electron chi connectivity index (χ4n) is 5.47. The van der Waals surface area contributed by atoms with E-state index >= 15 is 0 Å². The van der Waals surface area contributed by atoms with Gasteiger partial charge in [0.2, 0.25) is 0 Å². The van der Waals surface area contributed by atoms with Gasteiger partial charge in [0.25, 0.3) is 0 Å². The van der Waals surface area contributed by atoms with Crippen LogP contribution in [0.4, 0.5) is 0 Å². The first-order valence-electron chi connectivity index (χ1n) is 13.6. The molecule has 8 aromatic rings. The van der Waals surface area contributed by atoms with Crippen LogP contribution in [0.15, 0.2) is 140 Å². The van der Waals surface area contributed by atoms with E-state index in [1.165, 1.54) is 0 Å². The maximum Gasteiger partial charge on any atom is 0.113 e.